The molecule has 0 fully saturated rings. The van der Waals surface area contributed by atoms with Gasteiger partial charge in [-0.2, -0.15) is 0 Å². The van der Waals surface area contributed by atoms with Crippen molar-refractivity contribution < 1.29 is 0 Å². The molecule has 264 valence electrons. The van der Waals surface area contributed by atoms with Crippen molar-refractivity contribution in [2.45, 2.75) is 52.9 Å². The van der Waals surface area contributed by atoms with E-state index in [9.17, 15) is 0 Å². The van der Waals surface area contributed by atoms with Crippen LogP contribution in [0.5, 0.6) is 0 Å². The molecule has 0 spiro atoms. The van der Waals surface area contributed by atoms with Crippen LogP contribution in [0.4, 0.5) is 0 Å². The molecule has 0 bridgehead atoms. The third-order valence-corrected chi connectivity index (χ3v) is 13.9. The van der Waals surface area contributed by atoms with Gasteiger partial charge in [0, 0.05) is 11.8 Å². The summed E-state index contributed by atoms with van der Waals surface area (Å²) in [5, 5.41) is 5.62. The van der Waals surface area contributed by atoms with Crippen molar-refractivity contribution in [3.63, 3.8) is 0 Å². The van der Waals surface area contributed by atoms with Crippen LogP contribution in [0.2, 0.25) is 0 Å². The van der Waals surface area contributed by atoms with E-state index in [1.807, 2.05) is 0 Å². The van der Waals surface area contributed by atoms with Crippen LogP contribution in [0, 0.1) is 17.8 Å². The molecule has 0 N–H and O–H groups in total. The van der Waals surface area contributed by atoms with Gasteiger partial charge in [0.2, 0.25) is 0 Å². The lowest BCUT2D eigenvalue weighted by molar-refractivity contribution is 0.583. The minimum absolute atomic E-state index is 0.268. The van der Waals surface area contributed by atoms with Gasteiger partial charge in [0.15, 0.2) is 0 Å². The second-order valence-electron chi connectivity index (χ2n) is 17.1. The molecule has 7 aliphatic carbocycles. The molecule has 3 unspecified atom stereocenters. The van der Waals surface area contributed by atoms with Gasteiger partial charge < -0.3 is 0 Å². The van der Waals surface area contributed by atoms with Crippen molar-refractivity contribution in [1.29, 1.82) is 0 Å². The highest BCUT2D eigenvalue weighted by Gasteiger charge is 2.48. The molecule has 0 aliphatic heterocycles. The van der Waals surface area contributed by atoms with Gasteiger partial charge in [-0.25, -0.2) is 0 Å². The predicted octanol–water partition coefficient (Wildman–Crippen LogP) is 14.8. The third kappa shape index (κ3) is 4.29. The summed E-state index contributed by atoms with van der Waals surface area (Å²) in [6.07, 6.45) is 25.5. The van der Waals surface area contributed by atoms with E-state index in [-0.39, 0.29) is 5.92 Å². The van der Waals surface area contributed by atoms with Crippen molar-refractivity contribution in [3.05, 3.63) is 189 Å². The first kappa shape index (κ1) is 31.6. The van der Waals surface area contributed by atoms with Crippen molar-refractivity contribution in [3.8, 4) is 22.3 Å². The van der Waals surface area contributed by atoms with Crippen molar-refractivity contribution >= 4 is 43.8 Å². The molecule has 5 aromatic carbocycles. The fraction of sp³-hybridized carbons (Fsp3) is 0.200. The zero-order valence-corrected chi connectivity index (χ0v) is 32.0. The standard InChI is InChI=1S/C55H44/c1-31-27-32(2)47(33(3)28-31)42-25-26-43-53-45(29-36-19-10-11-20-37(36)51(42)53)55-49(35-17-8-5-9-18-35)52-41-24-14-23-40-38-21-12-13-22-39(38)44(50(40)41)30-46(52)48(54(43)55)34-15-6-4-7-16-34/h4-9,11-12,14-18,20-21,23-27,29-30,33,51,53H,10,13,19,22,28H2,1-3H3. The molecule has 55 heavy (non-hydrogen) atoms. The van der Waals surface area contributed by atoms with Gasteiger partial charge in [0.1, 0.15) is 0 Å². The summed E-state index contributed by atoms with van der Waals surface area (Å²) in [7, 11) is 0. The number of hydrogen-bond acceptors (Lipinski definition) is 0. The van der Waals surface area contributed by atoms with Crippen LogP contribution in [0.1, 0.15) is 75.1 Å². The number of fused-ring (bicyclic) bond motifs is 8. The predicted molar refractivity (Wildman–Crippen MR) is 234 cm³/mol. The highest BCUT2D eigenvalue weighted by atomic mass is 14.5. The highest BCUT2D eigenvalue weighted by Crippen LogP contribution is 2.65. The van der Waals surface area contributed by atoms with Crippen LogP contribution in [0.25, 0.3) is 66.1 Å². The Hall–Kier alpha value is -5.72. The molecule has 7 aliphatic rings. The molecule has 0 amide bonds. The lowest BCUT2D eigenvalue weighted by atomic mass is 9.63. The summed E-state index contributed by atoms with van der Waals surface area (Å²) in [6.45, 7) is 7.13. The topological polar surface area (TPSA) is 0 Å². The van der Waals surface area contributed by atoms with E-state index in [0.29, 0.717) is 11.8 Å². The van der Waals surface area contributed by atoms with Gasteiger partial charge in [0.25, 0.3) is 0 Å². The number of hydrogen-bond donors (Lipinski definition) is 0. The van der Waals surface area contributed by atoms with Crippen LogP contribution in [0.15, 0.2) is 167 Å². The minimum atomic E-state index is 0.268. The van der Waals surface area contributed by atoms with E-state index in [4.69, 9.17) is 0 Å². The molecule has 0 heterocycles. The Morgan fingerprint density at radius 3 is 2.11 bits per heavy atom. The zero-order chi connectivity index (χ0) is 36.5. The quantitative estimate of drug-likeness (QED) is 0.164. The smallest absolute Gasteiger partial charge is 0.0212 e. The van der Waals surface area contributed by atoms with E-state index in [0.717, 1.165) is 32.1 Å². The highest BCUT2D eigenvalue weighted by molar-refractivity contribution is 6.30. The normalized spacial score (nSPS) is 23.1. The molecule has 3 atom stereocenters. The molecule has 0 radical (unpaired) electrons. The Morgan fingerprint density at radius 1 is 0.582 bits per heavy atom. The summed E-state index contributed by atoms with van der Waals surface area (Å²) in [5.41, 5.74) is 26.3. The molecule has 0 heteroatoms. The van der Waals surface area contributed by atoms with Crippen molar-refractivity contribution in [2.75, 3.05) is 0 Å². The number of benzene rings is 5. The average Bonchev–Trinajstić information content (AvgIpc) is 3.71. The Labute approximate surface area is 324 Å². The molecular weight excluding hydrogens is 661 g/mol. The Bertz CT molecular complexity index is 2880. The van der Waals surface area contributed by atoms with Crippen LogP contribution in [0.3, 0.4) is 0 Å². The van der Waals surface area contributed by atoms with E-state index in [2.05, 4.69) is 154 Å². The monoisotopic (exact) mass is 704 g/mol. The minimum Gasteiger partial charge on any atom is -0.0839 e. The molecule has 0 nitrogen and oxygen atoms in total. The maximum Gasteiger partial charge on any atom is 0.0212 e. The average molecular weight is 705 g/mol. The van der Waals surface area contributed by atoms with E-state index < -0.39 is 0 Å². The van der Waals surface area contributed by atoms with Gasteiger partial charge in [-0.3, -0.25) is 0 Å². The number of rotatable bonds is 3. The second kappa shape index (κ2) is 11.6. The van der Waals surface area contributed by atoms with E-state index in [1.54, 1.807) is 16.7 Å². The van der Waals surface area contributed by atoms with Crippen LogP contribution >= 0.6 is 0 Å². The fourth-order valence-corrected chi connectivity index (χ4v) is 12.1. The van der Waals surface area contributed by atoms with E-state index in [1.165, 1.54) is 105 Å². The summed E-state index contributed by atoms with van der Waals surface area (Å²) >= 11 is 0. The lowest BCUT2D eigenvalue weighted by Crippen LogP contribution is -2.28. The molecule has 12 rings (SSSR count). The van der Waals surface area contributed by atoms with E-state index >= 15 is 0 Å². The first-order chi connectivity index (χ1) is 27.1. The molecule has 0 aromatic heterocycles. The van der Waals surface area contributed by atoms with Gasteiger partial charge in [0.05, 0.1) is 0 Å². The maximum atomic E-state index is 2.66. The third-order valence-electron chi connectivity index (χ3n) is 13.9. The Balaban J connectivity index is 1.28. The van der Waals surface area contributed by atoms with Gasteiger partial charge in [-0.05, 0) is 174 Å². The van der Waals surface area contributed by atoms with Crippen LogP contribution < -0.4 is 0 Å². The molecule has 0 saturated carbocycles. The first-order valence-electron chi connectivity index (χ1n) is 20.6. The summed E-state index contributed by atoms with van der Waals surface area (Å²) in [6, 6.07) is 32.5. The molecule has 5 aromatic rings. The SMILES string of the molecule is CC1=CC(C)=C(C2=CC=C3c4c(c(-c5ccccc5)c5c(cc6c7c(cccc75)C5=C6CCC=C5)c4-c4ccccc4)C4=CC5=C(C=CCC5)C2C34)C(C)C1. The van der Waals surface area contributed by atoms with Crippen LogP contribution in [-0.2, 0) is 0 Å². The molecule has 0 saturated heterocycles. The van der Waals surface area contributed by atoms with Gasteiger partial charge in [-0.15, -0.1) is 0 Å². The van der Waals surface area contributed by atoms with Crippen LogP contribution in [-0.4, -0.2) is 0 Å². The van der Waals surface area contributed by atoms with Gasteiger partial charge in [-0.1, -0.05) is 140 Å². The summed E-state index contributed by atoms with van der Waals surface area (Å²) in [4.78, 5) is 0. The van der Waals surface area contributed by atoms with Gasteiger partial charge >= 0.3 is 0 Å². The Morgan fingerprint density at radius 2 is 1.31 bits per heavy atom. The first-order valence-corrected chi connectivity index (χ1v) is 20.6. The second-order valence-corrected chi connectivity index (χ2v) is 17.1. The van der Waals surface area contributed by atoms with Crippen molar-refractivity contribution in [1.82, 2.24) is 0 Å². The maximum absolute atomic E-state index is 2.66. The van der Waals surface area contributed by atoms with Crippen molar-refractivity contribution in [2.24, 2.45) is 17.8 Å². The summed E-state index contributed by atoms with van der Waals surface area (Å²) < 4.78 is 0. The summed E-state index contributed by atoms with van der Waals surface area (Å²) in [5.74, 6) is 1.07. The lowest BCUT2D eigenvalue weighted by Gasteiger charge is -2.40. The zero-order valence-electron chi connectivity index (χ0n) is 32.0. The number of allylic oxidation sites excluding steroid dienone is 18. The Kier molecular flexibility index (Phi) is 6.69. The largest absolute Gasteiger partial charge is 0.0839 e. The molecular formula is C55H44. The fourth-order valence-electron chi connectivity index (χ4n) is 12.1.